The van der Waals surface area contributed by atoms with Crippen molar-refractivity contribution < 1.29 is 0 Å². The van der Waals surface area contributed by atoms with Crippen molar-refractivity contribution in [1.82, 2.24) is 5.32 Å². The molecule has 0 aromatic heterocycles. The Hall–Kier alpha value is -0.820. The van der Waals surface area contributed by atoms with Gasteiger partial charge in [-0.2, -0.15) is 0 Å². The molecule has 0 amide bonds. The van der Waals surface area contributed by atoms with Gasteiger partial charge >= 0.3 is 0 Å². The minimum Gasteiger partial charge on any atom is -0.310 e. The van der Waals surface area contributed by atoms with Crippen molar-refractivity contribution in [2.75, 3.05) is 0 Å². The molecule has 0 aliphatic heterocycles. The zero-order chi connectivity index (χ0) is 12.7. The van der Waals surface area contributed by atoms with E-state index in [1.54, 1.807) is 0 Å². The van der Waals surface area contributed by atoms with Crippen LogP contribution in [0.1, 0.15) is 56.2 Å². The first kappa shape index (κ1) is 14.2. The Morgan fingerprint density at radius 2 is 1.88 bits per heavy atom. The number of benzene rings is 1. The van der Waals surface area contributed by atoms with Crippen LogP contribution >= 0.6 is 0 Å². The topological polar surface area (TPSA) is 12.0 Å². The van der Waals surface area contributed by atoms with Crippen molar-refractivity contribution in [3.05, 3.63) is 34.9 Å². The quantitative estimate of drug-likeness (QED) is 0.690. The molecule has 1 rings (SSSR count). The molecule has 0 spiro atoms. The van der Waals surface area contributed by atoms with Crippen LogP contribution < -0.4 is 5.32 Å². The molecule has 17 heavy (non-hydrogen) atoms. The van der Waals surface area contributed by atoms with E-state index in [2.05, 4.69) is 51.2 Å². The predicted octanol–water partition coefficient (Wildman–Crippen LogP) is 4.36. The second-order valence-corrected chi connectivity index (χ2v) is 5.20. The Labute approximate surface area is 107 Å². The summed E-state index contributed by atoms with van der Waals surface area (Å²) in [4.78, 5) is 0. The van der Waals surface area contributed by atoms with Crippen LogP contribution in [0.4, 0.5) is 0 Å². The van der Waals surface area contributed by atoms with Gasteiger partial charge in [0.15, 0.2) is 0 Å². The smallest absolute Gasteiger partial charge is 0.0208 e. The second kappa shape index (κ2) is 7.50. The summed E-state index contributed by atoms with van der Waals surface area (Å²) in [7, 11) is 0. The Bertz CT molecular complexity index is 330. The summed E-state index contributed by atoms with van der Waals surface area (Å²) >= 11 is 0. The molecular formula is C16H27N. The number of hydrogen-bond donors (Lipinski definition) is 1. The van der Waals surface area contributed by atoms with E-state index < -0.39 is 0 Å². The molecular weight excluding hydrogens is 206 g/mol. The molecule has 0 aliphatic rings. The zero-order valence-corrected chi connectivity index (χ0v) is 11.8. The Balaban J connectivity index is 2.31. The average molecular weight is 233 g/mol. The van der Waals surface area contributed by atoms with Crippen LogP contribution in [0.25, 0.3) is 0 Å². The Morgan fingerprint density at radius 1 is 1.12 bits per heavy atom. The van der Waals surface area contributed by atoms with Gasteiger partial charge in [-0.25, -0.2) is 0 Å². The van der Waals surface area contributed by atoms with Gasteiger partial charge in [0.2, 0.25) is 0 Å². The van der Waals surface area contributed by atoms with Crippen LogP contribution in [-0.2, 0) is 6.54 Å². The SMILES string of the molecule is CCCCCC(C)NCc1ccc(C)c(C)c1. The number of hydrogen-bond acceptors (Lipinski definition) is 1. The fourth-order valence-corrected chi connectivity index (χ4v) is 2.01. The maximum Gasteiger partial charge on any atom is 0.0208 e. The minimum absolute atomic E-state index is 0.628. The molecule has 0 saturated carbocycles. The van der Waals surface area contributed by atoms with Crippen LogP contribution in [0.2, 0.25) is 0 Å². The van der Waals surface area contributed by atoms with Crippen molar-refractivity contribution in [3.63, 3.8) is 0 Å². The van der Waals surface area contributed by atoms with Crippen LogP contribution in [0.15, 0.2) is 18.2 Å². The lowest BCUT2D eigenvalue weighted by atomic mass is 10.1. The maximum atomic E-state index is 3.60. The molecule has 0 aliphatic carbocycles. The van der Waals surface area contributed by atoms with Gasteiger partial charge in [-0.15, -0.1) is 0 Å². The van der Waals surface area contributed by atoms with Gasteiger partial charge in [0.25, 0.3) is 0 Å². The summed E-state index contributed by atoms with van der Waals surface area (Å²) in [6.45, 7) is 9.89. The molecule has 1 atom stereocenters. The molecule has 1 aromatic carbocycles. The molecule has 1 unspecified atom stereocenters. The van der Waals surface area contributed by atoms with E-state index in [4.69, 9.17) is 0 Å². The first-order chi connectivity index (χ1) is 8.13. The molecule has 0 bridgehead atoms. The summed E-state index contributed by atoms with van der Waals surface area (Å²) in [6.07, 6.45) is 5.30. The fourth-order valence-electron chi connectivity index (χ4n) is 2.01. The summed E-state index contributed by atoms with van der Waals surface area (Å²) in [6, 6.07) is 7.37. The summed E-state index contributed by atoms with van der Waals surface area (Å²) in [5.41, 5.74) is 4.17. The lowest BCUT2D eigenvalue weighted by molar-refractivity contribution is 0.487. The van der Waals surface area contributed by atoms with E-state index in [1.165, 1.54) is 42.4 Å². The monoisotopic (exact) mass is 233 g/mol. The normalized spacial score (nSPS) is 12.7. The predicted molar refractivity (Wildman–Crippen MR) is 76.4 cm³/mol. The Morgan fingerprint density at radius 3 is 2.53 bits per heavy atom. The molecule has 0 radical (unpaired) electrons. The number of rotatable bonds is 7. The highest BCUT2D eigenvalue weighted by molar-refractivity contribution is 5.29. The molecule has 0 fully saturated rings. The number of aryl methyl sites for hydroxylation is 2. The summed E-state index contributed by atoms with van der Waals surface area (Å²) in [5.74, 6) is 0. The van der Waals surface area contributed by atoms with Crippen LogP contribution in [0.3, 0.4) is 0 Å². The first-order valence-corrected chi connectivity index (χ1v) is 6.93. The summed E-state index contributed by atoms with van der Waals surface area (Å²) in [5, 5.41) is 3.60. The van der Waals surface area contributed by atoms with Gasteiger partial charge in [0.05, 0.1) is 0 Å². The van der Waals surface area contributed by atoms with E-state index in [0.29, 0.717) is 6.04 Å². The van der Waals surface area contributed by atoms with Gasteiger partial charge < -0.3 is 5.32 Å². The molecule has 1 heteroatoms. The largest absolute Gasteiger partial charge is 0.310 e. The van der Waals surface area contributed by atoms with Gasteiger partial charge in [0, 0.05) is 12.6 Å². The van der Waals surface area contributed by atoms with Crippen molar-refractivity contribution in [3.8, 4) is 0 Å². The number of nitrogens with one attached hydrogen (secondary N) is 1. The molecule has 1 aromatic rings. The standard InChI is InChI=1S/C16H27N/c1-5-6-7-8-15(4)17-12-16-10-9-13(2)14(3)11-16/h9-11,15,17H,5-8,12H2,1-4H3. The molecule has 96 valence electrons. The zero-order valence-electron chi connectivity index (χ0n) is 11.8. The van der Waals surface area contributed by atoms with Crippen LogP contribution in [0, 0.1) is 13.8 Å². The van der Waals surface area contributed by atoms with Gasteiger partial charge in [-0.05, 0) is 43.9 Å². The van der Waals surface area contributed by atoms with Crippen molar-refractivity contribution in [2.24, 2.45) is 0 Å². The van der Waals surface area contributed by atoms with E-state index in [9.17, 15) is 0 Å². The fraction of sp³-hybridized carbons (Fsp3) is 0.625. The lowest BCUT2D eigenvalue weighted by Crippen LogP contribution is -2.25. The highest BCUT2D eigenvalue weighted by Gasteiger charge is 2.02. The molecule has 0 saturated heterocycles. The highest BCUT2D eigenvalue weighted by atomic mass is 14.9. The third-order valence-corrected chi connectivity index (χ3v) is 3.47. The summed E-state index contributed by atoms with van der Waals surface area (Å²) < 4.78 is 0. The first-order valence-electron chi connectivity index (χ1n) is 6.93. The maximum absolute atomic E-state index is 3.60. The molecule has 1 nitrogen and oxygen atoms in total. The van der Waals surface area contributed by atoms with Crippen molar-refractivity contribution >= 4 is 0 Å². The second-order valence-electron chi connectivity index (χ2n) is 5.20. The van der Waals surface area contributed by atoms with Crippen molar-refractivity contribution in [2.45, 2.75) is 66.0 Å². The van der Waals surface area contributed by atoms with E-state index in [-0.39, 0.29) is 0 Å². The van der Waals surface area contributed by atoms with Gasteiger partial charge in [-0.3, -0.25) is 0 Å². The minimum atomic E-state index is 0.628. The third-order valence-electron chi connectivity index (χ3n) is 3.47. The molecule has 1 N–H and O–H groups in total. The van der Waals surface area contributed by atoms with E-state index in [0.717, 1.165) is 6.54 Å². The van der Waals surface area contributed by atoms with Crippen LogP contribution in [-0.4, -0.2) is 6.04 Å². The average Bonchev–Trinajstić information content (AvgIpc) is 2.31. The van der Waals surface area contributed by atoms with Gasteiger partial charge in [-0.1, -0.05) is 44.4 Å². The van der Waals surface area contributed by atoms with Crippen molar-refractivity contribution in [1.29, 1.82) is 0 Å². The van der Waals surface area contributed by atoms with Gasteiger partial charge in [0.1, 0.15) is 0 Å². The lowest BCUT2D eigenvalue weighted by Gasteiger charge is -2.14. The Kier molecular flexibility index (Phi) is 6.28. The highest BCUT2D eigenvalue weighted by Crippen LogP contribution is 2.10. The number of unbranched alkanes of at least 4 members (excludes halogenated alkanes) is 2. The molecule has 0 heterocycles. The van der Waals surface area contributed by atoms with E-state index in [1.807, 2.05) is 0 Å². The van der Waals surface area contributed by atoms with Crippen LogP contribution in [0.5, 0.6) is 0 Å². The van der Waals surface area contributed by atoms with E-state index >= 15 is 0 Å². The third kappa shape index (κ3) is 5.36.